The smallest absolute Gasteiger partial charge is 0.242 e. The molecule has 176 valence electrons. The summed E-state index contributed by atoms with van der Waals surface area (Å²) in [6.07, 6.45) is 6.29. The quantitative estimate of drug-likeness (QED) is 0.434. The zero-order valence-corrected chi connectivity index (χ0v) is 19.5. The topological polar surface area (TPSA) is 117 Å². The van der Waals surface area contributed by atoms with Gasteiger partial charge in [-0.15, -0.1) is 0 Å². The molecule has 12 heteroatoms. The highest BCUT2D eigenvalue weighted by molar-refractivity contribution is 7.99. The van der Waals surface area contributed by atoms with Gasteiger partial charge in [0.25, 0.3) is 0 Å². The van der Waals surface area contributed by atoms with Crippen LogP contribution >= 0.6 is 11.8 Å². The van der Waals surface area contributed by atoms with Crippen molar-refractivity contribution in [3.8, 4) is 0 Å². The molecule has 2 aromatic rings. The molecule has 1 heterocycles. The summed E-state index contributed by atoms with van der Waals surface area (Å²) in [6, 6.07) is 3.03. The average Bonchev–Trinajstić information content (AvgIpc) is 3.18. The Labute approximate surface area is 190 Å². The molecule has 1 fully saturated rings. The standard InChI is InChI=1S/C20H27F2N5O3S2/c1-12(16-8-7-14(21)10-17(16)22)31-20-25-18(24-19(26-20)27-32(2,29)30)23-15(11-28)9-13-5-3-4-6-13/h7-8,10,12-13,15,28H,3-6,9,11H2,1-2H3,(H2,23,24,25,26,27)/t12-,15+/m0/s1. The van der Waals surface area contributed by atoms with Crippen LogP contribution < -0.4 is 10.0 Å². The first-order valence-electron chi connectivity index (χ1n) is 10.4. The fourth-order valence-electron chi connectivity index (χ4n) is 3.75. The lowest BCUT2D eigenvalue weighted by Crippen LogP contribution is -2.28. The molecule has 32 heavy (non-hydrogen) atoms. The molecule has 1 saturated carbocycles. The number of aromatic nitrogens is 3. The largest absolute Gasteiger partial charge is 0.394 e. The van der Waals surface area contributed by atoms with Gasteiger partial charge < -0.3 is 10.4 Å². The Balaban J connectivity index is 1.83. The van der Waals surface area contributed by atoms with Crippen molar-refractivity contribution in [2.75, 3.05) is 22.9 Å². The summed E-state index contributed by atoms with van der Waals surface area (Å²) in [7, 11) is -3.65. The van der Waals surface area contributed by atoms with Crippen LogP contribution in [0.2, 0.25) is 0 Å². The first-order valence-corrected chi connectivity index (χ1v) is 13.1. The molecular formula is C20H27F2N5O3S2. The Bertz CT molecular complexity index is 1040. The predicted octanol–water partition coefficient (Wildman–Crippen LogP) is 3.73. The van der Waals surface area contributed by atoms with Crippen molar-refractivity contribution >= 4 is 33.7 Å². The zero-order chi connectivity index (χ0) is 23.3. The molecule has 3 N–H and O–H groups in total. The number of aliphatic hydroxyl groups excluding tert-OH is 1. The van der Waals surface area contributed by atoms with E-state index in [2.05, 4.69) is 25.0 Å². The number of nitrogens with zero attached hydrogens (tertiary/aromatic N) is 3. The minimum Gasteiger partial charge on any atom is -0.394 e. The Morgan fingerprint density at radius 3 is 2.50 bits per heavy atom. The predicted molar refractivity (Wildman–Crippen MR) is 120 cm³/mol. The number of thioether (sulfide) groups is 1. The summed E-state index contributed by atoms with van der Waals surface area (Å²) in [5.74, 6) is -0.935. The molecule has 0 bridgehead atoms. The van der Waals surface area contributed by atoms with Crippen LogP contribution in [0, 0.1) is 17.6 Å². The van der Waals surface area contributed by atoms with E-state index in [-0.39, 0.29) is 35.3 Å². The van der Waals surface area contributed by atoms with Gasteiger partial charge in [0.1, 0.15) is 11.6 Å². The second-order valence-electron chi connectivity index (χ2n) is 7.98. The van der Waals surface area contributed by atoms with Crippen molar-refractivity contribution in [1.82, 2.24) is 15.0 Å². The van der Waals surface area contributed by atoms with Crippen LogP contribution in [0.5, 0.6) is 0 Å². The van der Waals surface area contributed by atoms with E-state index in [1.54, 1.807) is 6.92 Å². The summed E-state index contributed by atoms with van der Waals surface area (Å²) in [4.78, 5) is 12.6. The highest BCUT2D eigenvalue weighted by atomic mass is 32.2. The number of hydrogen-bond donors (Lipinski definition) is 3. The average molecular weight is 488 g/mol. The van der Waals surface area contributed by atoms with E-state index < -0.39 is 26.9 Å². The molecule has 1 aliphatic carbocycles. The Morgan fingerprint density at radius 2 is 1.88 bits per heavy atom. The maximum atomic E-state index is 14.2. The van der Waals surface area contributed by atoms with Gasteiger partial charge >= 0.3 is 0 Å². The fraction of sp³-hybridized carbons (Fsp3) is 0.550. The van der Waals surface area contributed by atoms with Crippen molar-refractivity contribution in [2.24, 2.45) is 5.92 Å². The van der Waals surface area contributed by atoms with Crippen molar-refractivity contribution in [3.63, 3.8) is 0 Å². The van der Waals surface area contributed by atoms with Crippen LogP contribution in [0.1, 0.15) is 49.8 Å². The first kappa shape index (κ1) is 24.6. The minimum absolute atomic E-state index is 0.109. The van der Waals surface area contributed by atoms with Crippen LogP contribution in [0.4, 0.5) is 20.7 Å². The Hall–Kier alpha value is -2.05. The lowest BCUT2D eigenvalue weighted by atomic mass is 9.99. The van der Waals surface area contributed by atoms with Gasteiger partial charge in [-0.05, 0) is 25.3 Å². The number of nitrogens with one attached hydrogen (secondary N) is 2. The highest BCUT2D eigenvalue weighted by Gasteiger charge is 2.22. The van der Waals surface area contributed by atoms with E-state index in [4.69, 9.17) is 0 Å². The van der Waals surface area contributed by atoms with E-state index in [0.29, 0.717) is 5.92 Å². The summed E-state index contributed by atoms with van der Waals surface area (Å²) in [6.45, 7) is 1.58. The van der Waals surface area contributed by atoms with Crippen molar-refractivity contribution in [1.29, 1.82) is 0 Å². The van der Waals surface area contributed by atoms with E-state index >= 15 is 0 Å². The maximum Gasteiger partial charge on any atom is 0.242 e. The van der Waals surface area contributed by atoms with E-state index in [0.717, 1.165) is 43.3 Å². The molecule has 2 atom stereocenters. The van der Waals surface area contributed by atoms with Crippen LogP contribution in [-0.2, 0) is 10.0 Å². The molecule has 0 radical (unpaired) electrons. The molecular weight excluding hydrogens is 460 g/mol. The third-order valence-electron chi connectivity index (χ3n) is 5.22. The SMILES string of the molecule is C[C@H](Sc1nc(N[C@@H](CO)CC2CCCC2)nc(NS(C)(=O)=O)n1)c1ccc(F)cc1F. The molecule has 1 aliphatic rings. The van der Waals surface area contributed by atoms with Gasteiger partial charge in [0, 0.05) is 16.9 Å². The second kappa shape index (κ2) is 10.7. The Kier molecular flexibility index (Phi) is 8.23. The molecule has 0 saturated heterocycles. The molecule has 3 rings (SSSR count). The summed E-state index contributed by atoms with van der Waals surface area (Å²) in [5.41, 5.74) is 0.262. The van der Waals surface area contributed by atoms with E-state index in [9.17, 15) is 22.3 Å². The number of rotatable bonds is 10. The third kappa shape index (κ3) is 7.24. The number of aliphatic hydroxyl groups is 1. The van der Waals surface area contributed by atoms with Gasteiger partial charge in [-0.1, -0.05) is 43.5 Å². The number of halogens is 2. The van der Waals surface area contributed by atoms with Gasteiger partial charge in [-0.3, -0.25) is 4.72 Å². The summed E-state index contributed by atoms with van der Waals surface area (Å²) >= 11 is 1.08. The van der Waals surface area contributed by atoms with E-state index in [1.165, 1.54) is 25.0 Å². The van der Waals surface area contributed by atoms with Crippen molar-refractivity contribution < 1.29 is 22.3 Å². The highest BCUT2D eigenvalue weighted by Crippen LogP contribution is 2.35. The van der Waals surface area contributed by atoms with Crippen molar-refractivity contribution in [3.05, 3.63) is 35.4 Å². The normalized spacial score (nSPS) is 16.7. The first-order chi connectivity index (χ1) is 15.1. The van der Waals surface area contributed by atoms with Crippen molar-refractivity contribution in [2.45, 2.75) is 55.5 Å². The van der Waals surface area contributed by atoms with Crippen LogP contribution in [0.3, 0.4) is 0 Å². The van der Waals surface area contributed by atoms with Gasteiger partial charge in [0.05, 0.1) is 18.9 Å². The lowest BCUT2D eigenvalue weighted by molar-refractivity contribution is 0.254. The fourth-order valence-corrected chi connectivity index (χ4v) is 5.08. The lowest BCUT2D eigenvalue weighted by Gasteiger charge is -2.20. The monoisotopic (exact) mass is 487 g/mol. The molecule has 1 aromatic carbocycles. The van der Waals surface area contributed by atoms with E-state index in [1.807, 2.05) is 0 Å². The number of anilines is 2. The van der Waals surface area contributed by atoms with Crippen LogP contribution in [-0.4, -0.2) is 47.4 Å². The maximum absolute atomic E-state index is 14.2. The Morgan fingerprint density at radius 1 is 1.19 bits per heavy atom. The number of hydrogen-bond acceptors (Lipinski definition) is 8. The zero-order valence-electron chi connectivity index (χ0n) is 17.9. The van der Waals surface area contributed by atoms with Crippen LogP contribution in [0.25, 0.3) is 0 Å². The van der Waals surface area contributed by atoms with Crippen LogP contribution in [0.15, 0.2) is 23.4 Å². The molecule has 0 spiro atoms. The van der Waals surface area contributed by atoms with Gasteiger partial charge in [-0.25, -0.2) is 17.2 Å². The molecule has 0 amide bonds. The minimum atomic E-state index is -3.65. The van der Waals surface area contributed by atoms with Gasteiger partial charge in [-0.2, -0.15) is 15.0 Å². The summed E-state index contributed by atoms with van der Waals surface area (Å²) < 4.78 is 53.0. The summed E-state index contributed by atoms with van der Waals surface area (Å²) in [5, 5.41) is 12.5. The molecule has 1 aromatic heterocycles. The van der Waals surface area contributed by atoms with Gasteiger partial charge in [0.2, 0.25) is 21.9 Å². The second-order valence-corrected chi connectivity index (χ2v) is 11.0. The molecule has 0 aliphatic heterocycles. The van der Waals surface area contributed by atoms with Gasteiger partial charge in [0.15, 0.2) is 5.16 Å². The number of sulfonamides is 1. The third-order valence-corrected chi connectivity index (χ3v) is 6.77. The molecule has 8 nitrogen and oxygen atoms in total. The molecule has 0 unspecified atom stereocenters. The number of benzene rings is 1.